The Morgan fingerprint density at radius 1 is 1.38 bits per heavy atom. The molecule has 0 fully saturated rings. The van der Waals surface area contributed by atoms with Gasteiger partial charge in [-0.15, -0.1) is 0 Å². The van der Waals surface area contributed by atoms with E-state index >= 15 is 0 Å². The summed E-state index contributed by atoms with van der Waals surface area (Å²) in [6.45, 7) is 3.29. The Hall–Kier alpha value is -2.21. The standard InChI is InChI=1S/C15H20N4O2/c1-11-9-16-6-5-12(11)15(20)14-13(21-4)10-17-19(14)8-7-18(2)3/h5-6,9-10H,7-8H2,1-4H3. The molecule has 0 saturated heterocycles. The molecule has 0 spiro atoms. The molecular weight excluding hydrogens is 268 g/mol. The van der Waals surface area contributed by atoms with Gasteiger partial charge in [0.15, 0.2) is 11.4 Å². The zero-order valence-corrected chi connectivity index (χ0v) is 12.8. The first-order valence-electron chi connectivity index (χ1n) is 6.74. The normalized spacial score (nSPS) is 10.9. The lowest BCUT2D eigenvalue weighted by molar-refractivity contribution is 0.102. The minimum absolute atomic E-state index is 0.0944. The number of ether oxygens (including phenoxy) is 1. The summed E-state index contributed by atoms with van der Waals surface area (Å²) in [6, 6.07) is 1.72. The lowest BCUT2D eigenvalue weighted by atomic mass is 10.0. The maximum atomic E-state index is 12.8. The van der Waals surface area contributed by atoms with Crippen molar-refractivity contribution in [3.8, 4) is 5.75 Å². The van der Waals surface area contributed by atoms with Gasteiger partial charge in [0.05, 0.1) is 19.9 Å². The zero-order valence-electron chi connectivity index (χ0n) is 12.8. The highest BCUT2D eigenvalue weighted by Crippen LogP contribution is 2.22. The van der Waals surface area contributed by atoms with E-state index in [0.717, 1.165) is 12.1 Å². The number of aromatic nitrogens is 3. The van der Waals surface area contributed by atoms with Crippen molar-refractivity contribution in [2.24, 2.45) is 0 Å². The number of nitrogens with zero attached hydrogens (tertiary/aromatic N) is 4. The Balaban J connectivity index is 2.39. The molecule has 0 N–H and O–H groups in total. The minimum Gasteiger partial charge on any atom is -0.493 e. The highest BCUT2D eigenvalue weighted by atomic mass is 16.5. The third-order valence-corrected chi connectivity index (χ3v) is 3.26. The van der Waals surface area contributed by atoms with Crippen LogP contribution in [0.3, 0.4) is 0 Å². The van der Waals surface area contributed by atoms with Crippen LogP contribution in [-0.2, 0) is 6.54 Å². The van der Waals surface area contributed by atoms with Crippen molar-refractivity contribution in [1.29, 1.82) is 0 Å². The average molecular weight is 288 g/mol. The molecule has 2 heterocycles. The lowest BCUT2D eigenvalue weighted by Gasteiger charge is -2.12. The molecule has 0 aliphatic heterocycles. The number of carbonyl (C=O) groups excluding carboxylic acids is 1. The number of hydrogen-bond acceptors (Lipinski definition) is 5. The van der Waals surface area contributed by atoms with Crippen molar-refractivity contribution < 1.29 is 9.53 Å². The van der Waals surface area contributed by atoms with E-state index in [4.69, 9.17) is 4.74 Å². The molecule has 2 rings (SSSR count). The molecule has 21 heavy (non-hydrogen) atoms. The maximum absolute atomic E-state index is 12.8. The van der Waals surface area contributed by atoms with Gasteiger partial charge in [-0.2, -0.15) is 5.10 Å². The van der Waals surface area contributed by atoms with E-state index in [1.54, 1.807) is 36.4 Å². The first-order valence-corrected chi connectivity index (χ1v) is 6.74. The van der Waals surface area contributed by atoms with Gasteiger partial charge < -0.3 is 9.64 Å². The van der Waals surface area contributed by atoms with Gasteiger partial charge in [0, 0.05) is 24.5 Å². The number of likely N-dealkylation sites (N-methyl/N-ethyl adjacent to an activating group) is 1. The van der Waals surface area contributed by atoms with Gasteiger partial charge in [0.1, 0.15) is 0 Å². The van der Waals surface area contributed by atoms with Crippen molar-refractivity contribution in [2.75, 3.05) is 27.7 Å². The number of aryl methyl sites for hydroxylation is 1. The fourth-order valence-corrected chi connectivity index (χ4v) is 2.07. The van der Waals surface area contributed by atoms with Crippen LogP contribution in [0.1, 0.15) is 21.6 Å². The molecule has 0 radical (unpaired) electrons. The first kappa shape index (κ1) is 15.2. The highest BCUT2D eigenvalue weighted by Gasteiger charge is 2.22. The predicted octanol–water partition coefficient (Wildman–Crippen LogP) is 1.39. The van der Waals surface area contributed by atoms with Crippen LogP contribution in [-0.4, -0.2) is 53.2 Å². The summed E-state index contributed by atoms with van der Waals surface area (Å²) in [7, 11) is 5.51. The Morgan fingerprint density at radius 3 is 2.76 bits per heavy atom. The summed E-state index contributed by atoms with van der Waals surface area (Å²) in [6.07, 6.45) is 4.88. The molecule has 0 atom stereocenters. The van der Waals surface area contributed by atoms with E-state index in [2.05, 4.69) is 10.1 Å². The van der Waals surface area contributed by atoms with Crippen LogP contribution in [0.2, 0.25) is 0 Å². The van der Waals surface area contributed by atoms with Crippen LogP contribution in [0.5, 0.6) is 5.75 Å². The molecule has 6 nitrogen and oxygen atoms in total. The summed E-state index contributed by atoms with van der Waals surface area (Å²) >= 11 is 0. The van der Waals surface area contributed by atoms with E-state index in [-0.39, 0.29) is 5.78 Å². The van der Waals surface area contributed by atoms with Crippen LogP contribution in [0.25, 0.3) is 0 Å². The smallest absolute Gasteiger partial charge is 0.215 e. The second kappa shape index (κ2) is 6.49. The molecule has 0 bridgehead atoms. The van der Waals surface area contributed by atoms with Crippen molar-refractivity contribution >= 4 is 5.78 Å². The summed E-state index contributed by atoms with van der Waals surface area (Å²) in [5.41, 5.74) is 1.94. The fourth-order valence-electron chi connectivity index (χ4n) is 2.07. The quantitative estimate of drug-likeness (QED) is 0.752. The Kier molecular flexibility index (Phi) is 4.70. The van der Waals surface area contributed by atoms with Crippen molar-refractivity contribution in [3.05, 3.63) is 41.5 Å². The van der Waals surface area contributed by atoms with Crippen molar-refractivity contribution in [3.63, 3.8) is 0 Å². The Morgan fingerprint density at radius 2 is 2.14 bits per heavy atom. The number of carbonyl (C=O) groups is 1. The van der Waals surface area contributed by atoms with Crippen molar-refractivity contribution in [2.45, 2.75) is 13.5 Å². The second-order valence-corrected chi connectivity index (χ2v) is 5.11. The molecule has 0 aromatic carbocycles. The molecule has 6 heteroatoms. The molecule has 2 aromatic rings. The van der Waals surface area contributed by atoms with Gasteiger partial charge >= 0.3 is 0 Å². The minimum atomic E-state index is -0.0944. The van der Waals surface area contributed by atoms with Crippen LogP contribution in [0, 0.1) is 6.92 Å². The second-order valence-electron chi connectivity index (χ2n) is 5.11. The molecule has 0 saturated carbocycles. The molecule has 0 aliphatic rings. The van der Waals surface area contributed by atoms with E-state index in [0.29, 0.717) is 23.6 Å². The van der Waals surface area contributed by atoms with E-state index in [1.807, 2.05) is 25.9 Å². The topological polar surface area (TPSA) is 60.2 Å². The van der Waals surface area contributed by atoms with Crippen LogP contribution >= 0.6 is 0 Å². The van der Waals surface area contributed by atoms with Crippen LogP contribution < -0.4 is 4.74 Å². The first-order chi connectivity index (χ1) is 10.0. The zero-order chi connectivity index (χ0) is 15.4. The number of pyridine rings is 1. The van der Waals surface area contributed by atoms with Gasteiger partial charge in [-0.1, -0.05) is 0 Å². The number of methoxy groups -OCH3 is 1. The van der Waals surface area contributed by atoms with Crippen LogP contribution in [0.15, 0.2) is 24.7 Å². The fraction of sp³-hybridized carbons (Fsp3) is 0.400. The number of ketones is 1. The van der Waals surface area contributed by atoms with Gasteiger partial charge in [-0.25, -0.2) is 0 Å². The maximum Gasteiger partial charge on any atom is 0.215 e. The third kappa shape index (κ3) is 3.28. The summed E-state index contributed by atoms with van der Waals surface area (Å²) in [4.78, 5) is 18.9. The van der Waals surface area contributed by atoms with Gasteiger partial charge in [-0.3, -0.25) is 14.5 Å². The van der Waals surface area contributed by atoms with E-state index < -0.39 is 0 Å². The van der Waals surface area contributed by atoms with Gasteiger partial charge in [-0.05, 0) is 32.6 Å². The molecule has 112 valence electrons. The number of rotatable bonds is 6. The largest absolute Gasteiger partial charge is 0.493 e. The average Bonchev–Trinajstić information content (AvgIpc) is 2.87. The van der Waals surface area contributed by atoms with Gasteiger partial charge in [0.2, 0.25) is 5.78 Å². The molecule has 0 amide bonds. The van der Waals surface area contributed by atoms with E-state index in [1.165, 1.54) is 0 Å². The molecule has 0 aliphatic carbocycles. The molecular formula is C15H20N4O2. The van der Waals surface area contributed by atoms with E-state index in [9.17, 15) is 4.79 Å². The highest BCUT2D eigenvalue weighted by molar-refractivity contribution is 6.10. The molecule has 0 unspecified atom stereocenters. The Bertz CT molecular complexity index is 634. The summed E-state index contributed by atoms with van der Waals surface area (Å²) in [5.74, 6) is 0.401. The van der Waals surface area contributed by atoms with Crippen molar-refractivity contribution in [1.82, 2.24) is 19.7 Å². The third-order valence-electron chi connectivity index (χ3n) is 3.26. The Labute approximate surface area is 124 Å². The summed E-state index contributed by atoms with van der Waals surface area (Å²) < 4.78 is 6.98. The monoisotopic (exact) mass is 288 g/mol. The number of hydrogen-bond donors (Lipinski definition) is 0. The molecule has 2 aromatic heterocycles. The predicted molar refractivity (Wildman–Crippen MR) is 79.7 cm³/mol. The SMILES string of the molecule is COc1cnn(CCN(C)C)c1C(=O)c1ccncc1C. The summed E-state index contributed by atoms with van der Waals surface area (Å²) in [5, 5.41) is 4.26. The van der Waals surface area contributed by atoms with Gasteiger partial charge in [0.25, 0.3) is 0 Å². The lowest BCUT2D eigenvalue weighted by Crippen LogP contribution is -2.22. The van der Waals surface area contributed by atoms with Crippen LogP contribution in [0.4, 0.5) is 0 Å².